The highest BCUT2D eigenvalue weighted by Gasteiger charge is 2.07. The second-order valence-corrected chi connectivity index (χ2v) is 7.53. The minimum Gasteiger partial charge on any atom is -0.383 e. The van der Waals surface area contributed by atoms with Crippen LogP contribution in [0.3, 0.4) is 0 Å². The Morgan fingerprint density at radius 2 is 2.04 bits per heavy atom. The molecular weight excluding hydrogens is 380 g/mol. The van der Waals surface area contributed by atoms with Crippen LogP contribution in [0, 0.1) is 6.92 Å². The Labute approximate surface area is 170 Å². The number of nitrogens with one attached hydrogen (secondary N) is 1. The van der Waals surface area contributed by atoms with Crippen LogP contribution in [0.5, 0.6) is 0 Å². The lowest BCUT2D eigenvalue weighted by molar-refractivity contribution is 0.400. The number of hydrogen-bond donors (Lipinski definition) is 2. The zero-order valence-electron chi connectivity index (χ0n) is 15.8. The predicted octanol–water partition coefficient (Wildman–Crippen LogP) is 4.15. The largest absolute Gasteiger partial charge is 0.383 e. The standard InChI is InChI=1S/C19H24N6S.ClH/c1-13-22-17(12-26-13)14-6-4-8-16(10-14)23-19-21-11-15(18(20)24-19)7-5-9-25(2)3;/h4,6,8,10-12H,5,7,9H2,1-3H3,(H3,20,21,23,24);1H. The van der Waals surface area contributed by atoms with Gasteiger partial charge in [-0.25, -0.2) is 9.97 Å². The second-order valence-electron chi connectivity index (χ2n) is 6.47. The van der Waals surface area contributed by atoms with E-state index in [-0.39, 0.29) is 12.4 Å². The Bertz CT molecular complexity index is 880. The number of benzene rings is 1. The van der Waals surface area contributed by atoms with Gasteiger partial charge in [0.05, 0.1) is 10.7 Å². The van der Waals surface area contributed by atoms with Gasteiger partial charge in [-0.1, -0.05) is 12.1 Å². The number of nitrogens with zero attached hydrogens (tertiary/aromatic N) is 4. The maximum atomic E-state index is 6.10. The molecule has 2 aromatic heterocycles. The number of halogens is 1. The Morgan fingerprint density at radius 1 is 1.22 bits per heavy atom. The summed E-state index contributed by atoms with van der Waals surface area (Å²) in [5.74, 6) is 1.04. The second kappa shape index (κ2) is 9.64. The molecule has 0 bridgehead atoms. The third kappa shape index (κ3) is 5.89. The molecule has 0 radical (unpaired) electrons. The van der Waals surface area contributed by atoms with Crippen LogP contribution in [0.4, 0.5) is 17.5 Å². The van der Waals surface area contributed by atoms with E-state index >= 15 is 0 Å². The van der Waals surface area contributed by atoms with Crippen molar-refractivity contribution in [3.63, 3.8) is 0 Å². The maximum absolute atomic E-state index is 6.10. The molecule has 1 aromatic carbocycles. The van der Waals surface area contributed by atoms with Crippen molar-refractivity contribution in [2.75, 3.05) is 31.7 Å². The average molecular weight is 405 g/mol. The summed E-state index contributed by atoms with van der Waals surface area (Å²) in [7, 11) is 4.13. The van der Waals surface area contributed by atoms with Crippen molar-refractivity contribution in [1.82, 2.24) is 19.9 Å². The van der Waals surface area contributed by atoms with Gasteiger partial charge in [-0.3, -0.25) is 0 Å². The molecule has 2 heterocycles. The normalized spacial score (nSPS) is 10.7. The summed E-state index contributed by atoms with van der Waals surface area (Å²) in [4.78, 5) is 15.5. The quantitative estimate of drug-likeness (QED) is 0.615. The summed E-state index contributed by atoms with van der Waals surface area (Å²) >= 11 is 1.64. The van der Waals surface area contributed by atoms with Crippen LogP contribution in [0.1, 0.15) is 17.0 Å². The number of anilines is 3. The van der Waals surface area contributed by atoms with E-state index in [0.717, 1.165) is 46.9 Å². The summed E-state index contributed by atoms with van der Waals surface area (Å²) in [6, 6.07) is 8.06. The molecule has 0 aliphatic rings. The molecule has 0 aliphatic carbocycles. The van der Waals surface area contributed by atoms with Gasteiger partial charge in [0.25, 0.3) is 0 Å². The van der Waals surface area contributed by atoms with Gasteiger partial charge in [-0.15, -0.1) is 23.7 Å². The fraction of sp³-hybridized carbons (Fsp3) is 0.316. The number of aromatic nitrogens is 3. The molecule has 3 aromatic rings. The first kappa shape index (κ1) is 21.1. The van der Waals surface area contributed by atoms with E-state index in [9.17, 15) is 0 Å². The van der Waals surface area contributed by atoms with E-state index in [0.29, 0.717) is 11.8 Å². The molecule has 8 heteroatoms. The Hall–Kier alpha value is -2.22. The number of nitrogens with two attached hydrogens (primary N) is 1. The summed E-state index contributed by atoms with van der Waals surface area (Å²) in [6.45, 7) is 3.02. The van der Waals surface area contributed by atoms with Gasteiger partial charge < -0.3 is 16.0 Å². The molecule has 6 nitrogen and oxygen atoms in total. The van der Waals surface area contributed by atoms with Crippen molar-refractivity contribution in [2.45, 2.75) is 19.8 Å². The van der Waals surface area contributed by atoms with Crippen molar-refractivity contribution in [1.29, 1.82) is 0 Å². The molecular formula is C19H25ClN6S. The first-order chi connectivity index (χ1) is 12.5. The molecule has 3 rings (SSSR count). The van der Waals surface area contributed by atoms with Gasteiger partial charge in [-0.05, 0) is 52.5 Å². The maximum Gasteiger partial charge on any atom is 0.229 e. The zero-order chi connectivity index (χ0) is 18.5. The highest BCUT2D eigenvalue weighted by Crippen LogP contribution is 2.25. The highest BCUT2D eigenvalue weighted by molar-refractivity contribution is 7.09. The fourth-order valence-electron chi connectivity index (χ4n) is 2.64. The number of thiazole rings is 1. The van der Waals surface area contributed by atoms with Crippen LogP contribution >= 0.6 is 23.7 Å². The molecule has 0 spiro atoms. The monoisotopic (exact) mass is 404 g/mol. The predicted molar refractivity (Wildman–Crippen MR) is 116 cm³/mol. The molecule has 0 saturated carbocycles. The molecule has 0 fully saturated rings. The van der Waals surface area contributed by atoms with E-state index in [4.69, 9.17) is 5.73 Å². The van der Waals surface area contributed by atoms with E-state index < -0.39 is 0 Å². The van der Waals surface area contributed by atoms with Gasteiger partial charge >= 0.3 is 0 Å². The average Bonchev–Trinajstić information content (AvgIpc) is 3.03. The van der Waals surface area contributed by atoms with Gasteiger partial charge in [-0.2, -0.15) is 4.98 Å². The topological polar surface area (TPSA) is 80.0 Å². The van der Waals surface area contributed by atoms with Crippen LogP contribution in [-0.4, -0.2) is 40.5 Å². The molecule has 0 amide bonds. The van der Waals surface area contributed by atoms with E-state index in [1.54, 1.807) is 11.3 Å². The number of aryl methyl sites for hydroxylation is 2. The molecule has 0 aliphatic heterocycles. The number of nitrogen functional groups attached to an aromatic ring is 1. The van der Waals surface area contributed by atoms with E-state index in [2.05, 4.69) is 44.6 Å². The van der Waals surface area contributed by atoms with Gasteiger partial charge in [0, 0.05) is 28.4 Å². The summed E-state index contributed by atoms with van der Waals surface area (Å²) in [5.41, 5.74) is 10.0. The smallest absolute Gasteiger partial charge is 0.229 e. The summed E-state index contributed by atoms with van der Waals surface area (Å²) in [6.07, 6.45) is 3.72. The van der Waals surface area contributed by atoms with Gasteiger partial charge in [0.1, 0.15) is 5.82 Å². The van der Waals surface area contributed by atoms with Crippen LogP contribution in [0.15, 0.2) is 35.8 Å². The first-order valence-corrected chi connectivity index (χ1v) is 9.45. The highest BCUT2D eigenvalue weighted by atomic mass is 35.5. The molecule has 0 atom stereocenters. The van der Waals surface area contributed by atoms with Gasteiger partial charge in [0.15, 0.2) is 0 Å². The number of hydrogen-bond acceptors (Lipinski definition) is 7. The van der Waals surface area contributed by atoms with E-state index in [1.165, 1.54) is 0 Å². The van der Waals surface area contributed by atoms with Crippen LogP contribution in [0.2, 0.25) is 0 Å². The first-order valence-electron chi connectivity index (χ1n) is 8.57. The Morgan fingerprint density at radius 3 is 2.70 bits per heavy atom. The third-order valence-electron chi connectivity index (χ3n) is 3.98. The zero-order valence-corrected chi connectivity index (χ0v) is 17.4. The van der Waals surface area contributed by atoms with Crippen molar-refractivity contribution in [3.8, 4) is 11.3 Å². The molecule has 0 unspecified atom stereocenters. The minimum atomic E-state index is 0. The summed E-state index contributed by atoms with van der Waals surface area (Å²) < 4.78 is 0. The van der Waals surface area contributed by atoms with Crippen molar-refractivity contribution < 1.29 is 0 Å². The lowest BCUT2D eigenvalue weighted by Crippen LogP contribution is -2.14. The lowest BCUT2D eigenvalue weighted by atomic mass is 10.1. The molecule has 144 valence electrons. The number of rotatable bonds is 7. The lowest BCUT2D eigenvalue weighted by Gasteiger charge is -2.11. The van der Waals surface area contributed by atoms with Crippen LogP contribution < -0.4 is 11.1 Å². The van der Waals surface area contributed by atoms with Gasteiger partial charge in [0.2, 0.25) is 5.95 Å². The fourth-order valence-corrected chi connectivity index (χ4v) is 3.26. The van der Waals surface area contributed by atoms with Crippen molar-refractivity contribution in [2.24, 2.45) is 0 Å². The Kier molecular flexibility index (Phi) is 7.53. The molecule has 27 heavy (non-hydrogen) atoms. The van der Waals surface area contributed by atoms with Crippen molar-refractivity contribution >= 4 is 41.2 Å². The molecule has 0 saturated heterocycles. The SMILES string of the molecule is Cc1nc(-c2cccc(Nc3ncc(CCCN(C)C)c(N)n3)c2)cs1.Cl. The summed E-state index contributed by atoms with van der Waals surface area (Å²) in [5, 5.41) is 6.34. The van der Waals surface area contributed by atoms with Crippen molar-refractivity contribution in [3.05, 3.63) is 46.4 Å². The third-order valence-corrected chi connectivity index (χ3v) is 4.76. The Balaban J connectivity index is 0.00000261. The van der Waals surface area contributed by atoms with E-state index in [1.807, 2.05) is 37.4 Å². The minimum absolute atomic E-state index is 0. The van der Waals surface area contributed by atoms with Crippen LogP contribution in [0.25, 0.3) is 11.3 Å². The van der Waals surface area contributed by atoms with Crippen LogP contribution in [-0.2, 0) is 6.42 Å². The molecule has 3 N–H and O–H groups in total.